The van der Waals surface area contributed by atoms with Crippen LogP contribution in [0.15, 0.2) is 121 Å². The van der Waals surface area contributed by atoms with E-state index in [9.17, 15) is 9.59 Å². The maximum Gasteiger partial charge on any atom is 0.343 e. The van der Waals surface area contributed by atoms with Crippen LogP contribution in [-0.4, -0.2) is 25.2 Å². The molecule has 0 fully saturated rings. The van der Waals surface area contributed by atoms with Gasteiger partial charge in [0.2, 0.25) is 0 Å². The highest BCUT2D eigenvalue weighted by atomic mass is 16.5. The van der Waals surface area contributed by atoms with Crippen molar-refractivity contribution in [2.45, 2.75) is 52.4 Å². The first-order valence-electron chi connectivity index (χ1n) is 16.7. The van der Waals surface area contributed by atoms with Crippen molar-refractivity contribution in [3.63, 3.8) is 0 Å². The third-order valence-electron chi connectivity index (χ3n) is 7.88. The molecule has 246 valence electrons. The fourth-order valence-corrected chi connectivity index (χ4v) is 5.10. The molecule has 5 rings (SSSR count). The molecule has 0 aliphatic heterocycles. The number of ether oxygens (including phenoxy) is 4. The van der Waals surface area contributed by atoms with Crippen molar-refractivity contribution in [3.05, 3.63) is 132 Å². The number of carbonyl (C=O) groups excluding carboxylic acids is 2. The fourth-order valence-electron chi connectivity index (χ4n) is 5.10. The van der Waals surface area contributed by atoms with Crippen LogP contribution in [0.25, 0.3) is 22.3 Å². The van der Waals surface area contributed by atoms with Gasteiger partial charge in [0.1, 0.15) is 23.0 Å². The molecule has 5 aromatic carbocycles. The molecule has 6 heteroatoms. The molecule has 0 aliphatic rings. The zero-order valence-corrected chi connectivity index (χ0v) is 27.7. The highest BCUT2D eigenvalue weighted by molar-refractivity contribution is 5.93. The molecule has 0 unspecified atom stereocenters. The minimum Gasteiger partial charge on any atom is -0.494 e. The lowest BCUT2D eigenvalue weighted by molar-refractivity contribution is 0.0733. The van der Waals surface area contributed by atoms with Gasteiger partial charge in [-0.2, -0.15) is 0 Å². The van der Waals surface area contributed by atoms with Crippen molar-refractivity contribution in [2.24, 2.45) is 0 Å². The second-order valence-electron chi connectivity index (χ2n) is 11.6. The second kappa shape index (κ2) is 17.5. The molecule has 0 radical (unpaired) electrons. The van der Waals surface area contributed by atoms with Crippen LogP contribution in [0.2, 0.25) is 0 Å². The van der Waals surface area contributed by atoms with E-state index in [1.54, 1.807) is 42.5 Å². The smallest absolute Gasteiger partial charge is 0.343 e. The minimum absolute atomic E-state index is 0.275. The molecule has 0 aliphatic carbocycles. The lowest BCUT2D eigenvalue weighted by atomic mass is 10.0. The quantitative estimate of drug-likeness (QED) is 0.0606. The topological polar surface area (TPSA) is 71.1 Å². The van der Waals surface area contributed by atoms with E-state index in [-0.39, 0.29) is 11.5 Å². The van der Waals surface area contributed by atoms with Gasteiger partial charge in [0, 0.05) is 6.07 Å². The minimum atomic E-state index is -0.507. The van der Waals surface area contributed by atoms with Crippen LogP contribution in [0.1, 0.15) is 73.1 Å². The molecular formula is C42H42O6. The number of hydrogen-bond donors (Lipinski definition) is 0. The van der Waals surface area contributed by atoms with E-state index in [1.807, 2.05) is 72.8 Å². The van der Waals surface area contributed by atoms with Crippen LogP contribution < -0.4 is 18.9 Å². The highest BCUT2D eigenvalue weighted by Crippen LogP contribution is 2.26. The van der Waals surface area contributed by atoms with Gasteiger partial charge in [0.25, 0.3) is 0 Å². The van der Waals surface area contributed by atoms with Gasteiger partial charge >= 0.3 is 11.9 Å². The SMILES string of the molecule is CCCCCOc1ccc(-c2ccc(C(=O)Oc3cccc(OC(=O)c4ccc(-c5ccc(OCCCCC)cc5)cc4)c3)cc2)cc1. The second-order valence-corrected chi connectivity index (χ2v) is 11.6. The summed E-state index contributed by atoms with van der Waals surface area (Å²) in [5.74, 6) is 1.23. The average molecular weight is 643 g/mol. The van der Waals surface area contributed by atoms with Crippen LogP contribution in [0.5, 0.6) is 23.0 Å². The third kappa shape index (κ3) is 9.82. The molecule has 0 atom stereocenters. The number of carbonyl (C=O) groups is 2. The van der Waals surface area contributed by atoms with E-state index in [4.69, 9.17) is 18.9 Å². The van der Waals surface area contributed by atoms with Crippen molar-refractivity contribution < 1.29 is 28.5 Å². The molecule has 0 amide bonds. The van der Waals surface area contributed by atoms with Crippen molar-refractivity contribution in [3.8, 4) is 45.3 Å². The summed E-state index contributed by atoms with van der Waals surface area (Å²) in [7, 11) is 0. The van der Waals surface area contributed by atoms with Crippen LogP contribution in [-0.2, 0) is 0 Å². The van der Waals surface area contributed by atoms with Crippen LogP contribution >= 0.6 is 0 Å². The van der Waals surface area contributed by atoms with Gasteiger partial charge in [0.15, 0.2) is 0 Å². The van der Waals surface area contributed by atoms with Gasteiger partial charge < -0.3 is 18.9 Å². The van der Waals surface area contributed by atoms with E-state index in [0.29, 0.717) is 11.1 Å². The fraction of sp³-hybridized carbons (Fsp3) is 0.238. The maximum atomic E-state index is 12.9. The summed E-state index contributed by atoms with van der Waals surface area (Å²) in [6.45, 7) is 5.78. The van der Waals surface area contributed by atoms with Crippen LogP contribution in [0.4, 0.5) is 0 Å². The van der Waals surface area contributed by atoms with Crippen molar-refractivity contribution >= 4 is 11.9 Å². The first kappa shape index (κ1) is 34.0. The molecule has 0 saturated heterocycles. The van der Waals surface area contributed by atoms with Crippen LogP contribution in [0, 0.1) is 0 Å². The Bertz CT molecular complexity index is 1610. The zero-order chi connectivity index (χ0) is 33.6. The monoisotopic (exact) mass is 642 g/mol. The predicted octanol–water partition coefficient (Wildman–Crippen LogP) is 10.6. The normalized spacial score (nSPS) is 10.7. The first-order valence-corrected chi connectivity index (χ1v) is 16.7. The number of rotatable bonds is 16. The Kier molecular flexibility index (Phi) is 12.4. The van der Waals surface area contributed by atoms with Gasteiger partial charge in [-0.05, 0) is 95.8 Å². The number of hydrogen-bond acceptors (Lipinski definition) is 6. The molecule has 6 nitrogen and oxygen atoms in total. The summed E-state index contributed by atoms with van der Waals surface area (Å²) in [6, 6.07) is 36.8. The summed E-state index contributed by atoms with van der Waals surface area (Å²) < 4.78 is 22.8. The van der Waals surface area contributed by atoms with Gasteiger partial charge in [-0.15, -0.1) is 0 Å². The Hall–Kier alpha value is -5.36. The van der Waals surface area contributed by atoms with Crippen molar-refractivity contribution in [2.75, 3.05) is 13.2 Å². The van der Waals surface area contributed by atoms with E-state index < -0.39 is 11.9 Å². The zero-order valence-electron chi connectivity index (χ0n) is 27.7. The first-order chi connectivity index (χ1) is 23.5. The van der Waals surface area contributed by atoms with E-state index in [1.165, 1.54) is 6.07 Å². The van der Waals surface area contributed by atoms with Gasteiger partial charge in [-0.3, -0.25) is 0 Å². The average Bonchev–Trinajstić information content (AvgIpc) is 3.13. The van der Waals surface area contributed by atoms with Gasteiger partial charge in [0.05, 0.1) is 24.3 Å². The predicted molar refractivity (Wildman–Crippen MR) is 190 cm³/mol. The van der Waals surface area contributed by atoms with Gasteiger partial charge in [-0.1, -0.05) is 94.1 Å². The third-order valence-corrected chi connectivity index (χ3v) is 7.88. The molecule has 5 aromatic rings. The molecule has 48 heavy (non-hydrogen) atoms. The van der Waals surface area contributed by atoms with Gasteiger partial charge in [-0.25, -0.2) is 9.59 Å². The lowest BCUT2D eigenvalue weighted by Gasteiger charge is -2.09. The summed E-state index contributed by atoms with van der Waals surface area (Å²) in [4.78, 5) is 25.8. The van der Waals surface area contributed by atoms with Crippen LogP contribution in [0.3, 0.4) is 0 Å². The molecule has 0 N–H and O–H groups in total. The molecule has 0 spiro atoms. The number of unbranched alkanes of at least 4 members (excludes halogenated alkanes) is 4. The van der Waals surface area contributed by atoms with Crippen molar-refractivity contribution in [1.29, 1.82) is 0 Å². The van der Waals surface area contributed by atoms with E-state index in [2.05, 4.69) is 13.8 Å². The molecule has 0 saturated carbocycles. The summed E-state index contributed by atoms with van der Waals surface area (Å²) >= 11 is 0. The Morgan fingerprint density at radius 3 is 1.15 bits per heavy atom. The largest absolute Gasteiger partial charge is 0.494 e. The number of esters is 2. The lowest BCUT2D eigenvalue weighted by Crippen LogP contribution is -2.10. The Morgan fingerprint density at radius 2 is 0.792 bits per heavy atom. The van der Waals surface area contributed by atoms with E-state index >= 15 is 0 Å². The Labute approximate surface area is 283 Å². The standard InChI is InChI=1S/C42H42O6/c1-3-5-7-28-45-37-24-20-33(21-25-37)31-12-16-35(17-13-31)41(43)47-39-10-9-11-40(30-39)48-42(44)36-18-14-32(15-19-36)34-22-26-38(27-23-34)46-29-8-6-4-2/h9-27,30H,3-8,28-29H2,1-2H3. The summed E-state index contributed by atoms with van der Waals surface area (Å²) in [5, 5.41) is 0. The van der Waals surface area contributed by atoms with Crippen molar-refractivity contribution in [1.82, 2.24) is 0 Å². The molecular weight excluding hydrogens is 600 g/mol. The maximum absolute atomic E-state index is 12.9. The number of benzene rings is 5. The molecule has 0 heterocycles. The Morgan fingerprint density at radius 1 is 0.438 bits per heavy atom. The highest BCUT2D eigenvalue weighted by Gasteiger charge is 2.13. The molecule has 0 aromatic heterocycles. The van der Waals surface area contributed by atoms with E-state index in [0.717, 1.165) is 85.5 Å². The summed E-state index contributed by atoms with van der Waals surface area (Å²) in [5.41, 5.74) is 4.82. The molecule has 0 bridgehead atoms. The summed E-state index contributed by atoms with van der Waals surface area (Å²) in [6.07, 6.45) is 6.74. The Balaban J connectivity index is 1.13.